The maximum atomic E-state index is 5.11. The molecule has 1 unspecified atom stereocenters. The zero-order chi connectivity index (χ0) is 11.8. The normalized spacial score (nSPS) is 12.4. The van der Waals surface area contributed by atoms with Gasteiger partial charge >= 0.3 is 0 Å². The Labute approximate surface area is 97.8 Å². The molecule has 0 amide bonds. The second-order valence-electron chi connectivity index (χ2n) is 3.90. The quantitative estimate of drug-likeness (QED) is 0.769. The van der Waals surface area contributed by atoms with Crippen LogP contribution in [0, 0.1) is 0 Å². The summed E-state index contributed by atoms with van der Waals surface area (Å²) < 4.78 is 10.2. The Hall–Kier alpha value is -1.06. The molecule has 0 heterocycles. The first kappa shape index (κ1) is 13.0. The van der Waals surface area contributed by atoms with Gasteiger partial charge < -0.3 is 14.8 Å². The van der Waals surface area contributed by atoms with Gasteiger partial charge in [0, 0.05) is 25.9 Å². The van der Waals surface area contributed by atoms with E-state index < -0.39 is 0 Å². The third-order valence-corrected chi connectivity index (χ3v) is 2.41. The second-order valence-corrected chi connectivity index (χ2v) is 3.90. The van der Waals surface area contributed by atoms with Gasteiger partial charge in [-0.3, -0.25) is 0 Å². The van der Waals surface area contributed by atoms with E-state index in [4.69, 9.17) is 9.47 Å². The first-order valence-corrected chi connectivity index (χ1v) is 5.60. The summed E-state index contributed by atoms with van der Waals surface area (Å²) in [7, 11) is 3.44. The maximum Gasteiger partial charge on any atom is 0.0661 e. The van der Waals surface area contributed by atoms with E-state index in [0.29, 0.717) is 12.6 Å². The minimum absolute atomic E-state index is 0.314. The molecule has 0 aliphatic heterocycles. The average molecular weight is 223 g/mol. The number of ether oxygens (including phenoxy) is 2. The molecule has 0 saturated carbocycles. The highest BCUT2D eigenvalue weighted by molar-refractivity contribution is 5.51. The number of methoxy groups -OCH3 is 2. The molecule has 90 valence electrons. The molecule has 1 aromatic carbocycles. The molecule has 3 nitrogen and oxygen atoms in total. The zero-order valence-corrected chi connectivity index (χ0v) is 10.3. The van der Waals surface area contributed by atoms with Gasteiger partial charge in [0.1, 0.15) is 0 Å². The van der Waals surface area contributed by atoms with E-state index >= 15 is 0 Å². The highest BCUT2D eigenvalue weighted by Crippen LogP contribution is 2.16. The third-order valence-electron chi connectivity index (χ3n) is 2.41. The van der Waals surface area contributed by atoms with Crippen LogP contribution in [0.2, 0.25) is 0 Å². The van der Waals surface area contributed by atoms with Gasteiger partial charge in [0.2, 0.25) is 0 Å². The van der Waals surface area contributed by atoms with Crippen LogP contribution in [0.1, 0.15) is 12.5 Å². The van der Waals surface area contributed by atoms with Crippen LogP contribution in [0.4, 0.5) is 5.69 Å². The number of anilines is 1. The molecule has 1 aromatic rings. The molecule has 0 aromatic heterocycles. The van der Waals surface area contributed by atoms with Gasteiger partial charge in [-0.05, 0) is 25.0 Å². The molecule has 0 saturated heterocycles. The van der Waals surface area contributed by atoms with E-state index in [2.05, 4.69) is 30.4 Å². The topological polar surface area (TPSA) is 30.5 Å². The first-order valence-electron chi connectivity index (χ1n) is 5.60. The van der Waals surface area contributed by atoms with Crippen molar-refractivity contribution >= 4 is 5.69 Å². The van der Waals surface area contributed by atoms with E-state index in [9.17, 15) is 0 Å². The van der Waals surface area contributed by atoms with Crippen molar-refractivity contribution in [2.24, 2.45) is 0 Å². The number of benzene rings is 1. The second kappa shape index (κ2) is 7.25. The number of hydrogen-bond acceptors (Lipinski definition) is 3. The Morgan fingerprint density at radius 2 is 1.94 bits per heavy atom. The highest BCUT2D eigenvalue weighted by atomic mass is 16.5. The lowest BCUT2D eigenvalue weighted by Crippen LogP contribution is -2.21. The van der Waals surface area contributed by atoms with Crippen LogP contribution in [0.15, 0.2) is 24.3 Å². The van der Waals surface area contributed by atoms with Crippen molar-refractivity contribution in [1.82, 2.24) is 0 Å². The summed E-state index contributed by atoms with van der Waals surface area (Å²) >= 11 is 0. The van der Waals surface area contributed by atoms with Gasteiger partial charge in [-0.15, -0.1) is 0 Å². The van der Waals surface area contributed by atoms with Crippen molar-refractivity contribution in [2.75, 3.05) is 32.8 Å². The van der Waals surface area contributed by atoms with Gasteiger partial charge in [0.25, 0.3) is 0 Å². The molecule has 1 rings (SSSR count). The Balaban J connectivity index is 2.62. The van der Waals surface area contributed by atoms with Crippen molar-refractivity contribution in [3.63, 3.8) is 0 Å². The lowest BCUT2D eigenvalue weighted by molar-refractivity contribution is 0.190. The van der Waals surface area contributed by atoms with E-state index in [1.165, 1.54) is 11.3 Å². The molecule has 1 atom stereocenters. The van der Waals surface area contributed by atoms with Crippen LogP contribution < -0.4 is 5.32 Å². The van der Waals surface area contributed by atoms with E-state index in [0.717, 1.165) is 13.0 Å². The van der Waals surface area contributed by atoms with Crippen molar-refractivity contribution < 1.29 is 9.47 Å². The van der Waals surface area contributed by atoms with Crippen LogP contribution in [0.5, 0.6) is 0 Å². The van der Waals surface area contributed by atoms with Gasteiger partial charge in [-0.25, -0.2) is 0 Å². The molecule has 0 aliphatic rings. The van der Waals surface area contributed by atoms with Crippen LogP contribution in [-0.4, -0.2) is 33.5 Å². The van der Waals surface area contributed by atoms with E-state index in [-0.39, 0.29) is 0 Å². The minimum atomic E-state index is 0.314. The van der Waals surface area contributed by atoms with E-state index in [1.807, 2.05) is 6.07 Å². The predicted molar refractivity (Wildman–Crippen MR) is 67.0 cm³/mol. The zero-order valence-electron chi connectivity index (χ0n) is 10.3. The fourth-order valence-corrected chi connectivity index (χ4v) is 1.65. The standard InChI is InChI=1S/C13H21NO2/c1-11(10-16-3)14-13-7-5-4-6-12(13)8-9-15-2/h4-7,11,14H,8-10H2,1-3H3. The summed E-state index contributed by atoms with van der Waals surface area (Å²) in [5, 5.41) is 3.44. The Bertz CT molecular complexity index is 302. The summed E-state index contributed by atoms with van der Waals surface area (Å²) in [6, 6.07) is 8.63. The molecule has 3 heteroatoms. The monoisotopic (exact) mass is 223 g/mol. The number of nitrogens with one attached hydrogen (secondary N) is 1. The largest absolute Gasteiger partial charge is 0.384 e. The Kier molecular flexibility index (Phi) is 5.90. The third kappa shape index (κ3) is 4.21. The SMILES string of the molecule is COCCc1ccccc1NC(C)COC. The Morgan fingerprint density at radius 1 is 1.19 bits per heavy atom. The molecular formula is C13H21NO2. The summed E-state index contributed by atoms with van der Waals surface area (Å²) in [6.45, 7) is 3.56. The first-order chi connectivity index (χ1) is 7.77. The summed E-state index contributed by atoms with van der Waals surface area (Å²) in [4.78, 5) is 0. The molecule has 0 fully saturated rings. The van der Waals surface area contributed by atoms with Crippen molar-refractivity contribution in [2.45, 2.75) is 19.4 Å². The van der Waals surface area contributed by atoms with Crippen LogP contribution in [0.25, 0.3) is 0 Å². The van der Waals surface area contributed by atoms with Crippen LogP contribution >= 0.6 is 0 Å². The molecule has 0 bridgehead atoms. The summed E-state index contributed by atoms with van der Waals surface area (Å²) in [5.41, 5.74) is 2.46. The van der Waals surface area contributed by atoms with Crippen LogP contribution in [0.3, 0.4) is 0 Å². The van der Waals surface area contributed by atoms with Crippen molar-refractivity contribution in [1.29, 1.82) is 0 Å². The van der Waals surface area contributed by atoms with Crippen molar-refractivity contribution in [3.05, 3.63) is 29.8 Å². The minimum Gasteiger partial charge on any atom is -0.384 e. The lowest BCUT2D eigenvalue weighted by Gasteiger charge is -2.17. The maximum absolute atomic E-state index is 5.11. The summed E-state index contributed by atoms with van der Waals surface area (Å²) in [6.07, 6.45) is 0.930. The van der Waals surface area contributed by atoms with Gasteiger partial charge in [-0.2, -0.15) is 0 Å². The van der Waals surface area contributed by atoms with Gasteiger partial charge in [0.05, 0.1) is 13.2 Å². The molecule has 0 spiro atoms. The number of rotatable bonds is 7. The van der Waals surface area contributed by atoms with Crippen molar-refractivity contribution in [3.8, 4) is 0 Å². The fraction of sp³-hybridized carbons (Fsp3) is 0.538. The molecule has 16 heavy (non-hydrogen) atoms. The number of para-hydroxylation sites is 1. The fourth-order valence-electron chi connectivity index (χ4n) is 1.65. The average Bonchev–Trinajstić information content (AvgIpc) is 2.28. The molecule has 0 aliphatic carbocycles. The number of hydrogen-bond donors (Lipinski definition) is 1. The molecule has 1 N–H and O–H groups in total. The van der Waals surface area contributed by atoms with Gasteiger partial charge in [-0.1, -0.05) is 18.2 Å². The Morgan fingerprint density at radius 3 is 2.62 bits per heavy atom. The lowest BCUT2D eigenvalue weighted by atomic mass is 10.1. The summed E-state index contributed by atoms with van der Waals surface area (Å²) in [5.74, 6) is 0. The van der Waals surface area contributed by atoms with Crippen LogP contribution in [-0.2, 0) is 15.9 Å². The predicted octanol–water partition coefficient (Wildman–Crippen LogP) is 2.32. The smallest absolute Gasteiger partial charge is 0.0661 e. The molecule has 0 radical (unpaired) electrons. The molecular weight excluding hydrogens is 202 g/mol. The van der Waals surface area contributed by atoms with Gasteiger partial charge in [0.15, 0.2) is 0 Å². The highest BCUT2D eigenvalue weighted by Gasteiger charge is 2.05. The van der Waals surface area contributed by atoms with E-state index in [1.54, 1.807) is 14.2 Å².